The van der Waals surface area contributed by atoms with Gasteiger partial charge in [-0.1, -0.05) is 122 Å². The molecule has 31 heavy (non-hydrogen) atoms. The lowest BCUT2D eigenvalue weighted by atomic mass is 10.2. The molecule has 0 bridgehead atoms. The number of unbranched alkanes of at least 4 members (excludes halogenated alkanes) is 2. The number of halogens is 3. The minimum absolute atomic E-state index is 0.00463. The van der Waals surface area contributed by atoms with E-state index in [9.17, 15) is 0 Å². The molecule has 0 unspecified atom stereocenters. The van der Waals surface area contributed by atoms with Crippen molar-refractivity contribution in [2.24, 2.45) is 0 Å². The molecule has 2 aromatic rings. The van der Waals surface area contributed by atoms with Crippen LogP contribution < -0.4 is 10.4 Å². The van der Waals surface area contributed by atoms with Gasteiger partial charge in [-0.3, -0.25) is 0 Å². The number of hydrogen-bond donors (Lipinski definition) is 0. The number of ether oxygens (including phenoxy) is 1. The van der Waals surface area contributed by atoms with Gasteiger partial charge in [0.15, 0.2) is 0 Å². The molecule has 0 amide bonds. The number of alkyl halides is 3. The van der Waals surface area contributed by atoms with Crippen molar-refractivity contribution in [1.82, 2.24) is 0 Å². The van der Waals surface area contributed by atoms with Gasteiger partial charge >= 0.3 is 0 Å². The highest BCUT2D eigenvalue weighted by Crippen LogP contribution is 2.36. The fourth-order valence-electron chi connectivity index (χ4n) is 3.66. The lowest BCUT2D eigenvalue weighted by Crippen LogP contribution is -2.66. The van der Waals surface area contributed by atoms with Crippen molar-refractivity contribution in [3.63, 3.8) is 0 Å². The zero-order valence-corrected chi connectivity index (χ0v) is 21.7. The largest absolute Gasteiger partial charge is 0.407 e. The van der Waals surface area contributed by atoms with E-state index in [1.807, 2.05) is 0 Å². The Labute approximate surface area is 203 Å². The van der Waals surface area contributed by atoms with Crippen LogP contribution in [0, 0.1) is 11.8 Å². The Morgan fingerprint density at radius 2 is 1.35 bits per heavy atom. The first-order valence-corrected chi connectivity index (χ1v) is 13.6. The normalized spacial score (nSPS) is 12.3. The van der Waals surface area contributed by atoms with E-state index in [-0.39, 0.29) is 18.3 Å². The summed E-state index contributed by atoms with van der Waals surface area (Å²) in [6.07, 6.45) is 2.71. The summed E-state index contributed by atoms with van der Waals surface area (Å²) in [4.78, 5) is 0. The first-order valence-electron chi connectivity index (χ1n) is 10.5. The Kier molecular flexibility index (Phi) is 10.4. The number of benzene rings is 2. The maximum absolute atomic E-state index is 6.87. The van der Waals surface area contributed by atoms with Crippen molar-refractivity contribution < 1.29 is 9.16 Å². The summed E-state index contributed by atoms with van der Waals surface area (Å²) in [5.74, 6) is 6.08. The van der Waals surface area contributed by atoms with Crippen molar-refractivity contribution in [2.75, 3.05) is 19.8 Å². The molecule has 6 heteroatoms. The molecular formula is C25H31Cl3O2Si. The topological polar surface area (TPSA) is 18.5 Å². The summed E-state index contributed by atoms with van der Waals surface area (Å²) >= 11 is 16.9. The van der Waals surface area contributed by atoms with Gasteiger partial charge < -0.3 is 9.16 Å². The second kappa shape index (κ2) is 12.3. The summed E-state index contributed by atoms with van der Waals surface area (Å²) in [6.45, 7) is 7.90. The summed E-state index contributed by atoms with van der Waals surface area (Å²) in [5.41, 5.74) is 0. The van der Waals surface area contributed by atoms with Crippen LogP contribution in [-0.2, 0) is 9.16 Å². The van der Waals surface area contributed by atoms with Crippen LogP contribution >= 0.6 is 34.8 Å². The molecule has 0 aliphatic heterocycles. The van der Waals surface area contributed by atoms with Gasteiger partial charge in [0.25, 0.3) is 8.32 Å². The Hall–Kier alpha value is -0.993. The second-order valence-corrected chi connectivity index (χ2v) is 15.3. The van der Waals surface area contributed by atoms with Crippen molar-refractivity contribution in [2.45, 2.75) is 48.9 Å². The van der Waals surface area contributed by atoms with Crippen LogP contribution in [0.4, 0.5) is 0 Å². The highest BCUT2D eigenvalue weighted by Gasteiger charge is 2.49. The van der Waals surface area contributed by atoms with Gasteiger partial charge in [0.05, 0.1) is 6.61 Å². The highest BCUT2D eigenvalue weighted by atomic mass is 35.6. The van der Waals surface area contributed by atoms with E-state index in [2.05, 4.69) is 93.3 Å². The summed E-state index contributed by atoms with van der Waals surface area (Å²) in [5, 5.41) is 2.61. The first-order chi connectivity index (χ1) is 14.7. The van der Waals surface area contributed by atoms with E-state index in [0.717, 1.165) is 19.3 Å². The molecule has 0 radical (unpaired) electrons. The van der Waals surface area contributed by atoms with E-state index in [4.69, 9.17) is 44.0 Å². The van der Waals surface area contributed by atoms with Crippen LogP contribution in [0.3, 0.4) is 0 Å². The van der Waals surface area contributed by atoms with E-state index >= 15 is 0 Å². The predicted octanol–water partition coefficient (Wildman–Crippen LogP) is 6.12. The van der Waals surface area contributed by atoms with E-state index < -0.39 is 12.1 Å². The van der Waals surface area contributed by atoms with Crippen molar-refractivity contribution >= 4 is 53.5 Å². The molecule has 2 nitrogen and oxygen atoms in total. The molecule has 0 aliphatic rings. The summed E-state index contributed by atoms with van der Waals surface area (Å²) < 4.78 is 10.7. The molecule has 0 saturated carbocycles. The summed E-state index contributed by atoms with van der Waals surface area (Å²) in [6, 6.07) is 21.4. The zero-order chi connectivity index (χ0) is 22.8. The van der Waals surface area contributed by atoms with Crippen LogP contribution in [0.15, 0.2) is 60.7 Å². The minimum atomic E-state index is -2.45. The Bertz CT molecular complexity index is 795. The van der Waals surface area contributed by atoms with Crippen molar-refractivity contribution in [3.05, 3.63) is 60.7 Å². The Morgan fingerprint density at radius 1 is 0.806 bits per heavy atom. The van der Waals surface area contributed by atoms with Gasteiger partial charge in [-0.05, 0) is 28.3 Å². The smallest absolute Gasteiger partial charge is 0.261 e. The van der Waals surface area contributed by atoms with Crippen molar-refractivity contribution in [1.29, 1.82) is 0 Å². The van der Waals surface area contributed by atoms with Crippen molar-refractivity contribution in [3.8, 4) is 11.8 Å². The van der Waals surface area contributed by atoms with Crippen LogP contribution in [0.2, 0.25) is 5.04 Å². The van der Waals surface area contributed by atoms with E-state index in [0.29, 0.717) is 6.61 Å². The lowest BCUT2D eigenvalue weighted by Gasteiger charge is -2.43. The van der Waals surface area contributed by atoms with Gasteiger partial charge in [0, 0.05) is 13.0 Å². The fourth-order valence-corrected chi connectivity index (χ4v) is 8.50. The molecule has 168 valence electrons. The molecule has 0 fully saturated rings. The molecule has 0 N–H and O–H groups in total. The summed E-state index contributed by atoms with van der Waals surface area (Å²) in [7, 11) is -2.45. The zero-order valence-electron chi connectivity index (χ0n) is 18.5. The monoisotopic (exact) mass is 496 g/mol. The van der Waals surface area contributed by atoms with Crippen LogP contribution in [0.5, 0.6) is 0 Å². The molecule has 0 heterocycles. The first kappa shape index (κ1) is 26.3. The van der Waals surface area contributed by atoms with Gasteiger partial charge in [0.1, 0.15) is 6.61 Å². The third-order valence-electron chi connectivity index (χ3n) is 5.00. The van der Waals surface area contributed by atoms with Gasteiger partial charge in [-0.25, -0.2) is 0 Å². The van der Waals surface area contributed by atoms with Crippen LogP contribution in [0.1, 0.15) is 40.0 Å². The average molecular weight is 498 g/mol. The van der Waals surface area contributed by atoms with Gasteiger partial charge in [-0.15, -0.1) is 5.92 Å². The molecule has 0 aromatic heterocycles. The standard InChI is InChI=1S/C25H31Cl3O2Si/c1-24(2,3)31(22-15-9-7-10-16-22,23-17-11-8-12-18-23)30-20-14-6-4-5-13-19-29-21-25(26,27)28/h7-12,15-18H,4,6,14,19-21H2,1-3H3. The van der Waals surface area contributed by atoms with E-state index in [1.54, 1.807) is 0 Å². The number of hydrogen-bond acceptors (Lipinski definition) is 2. The molecule has 0 atom stereocenters. The Balaban J connectivity index is 2.00. The molecule has 2 rings (SSSR count). The highest BCUT2D eigenvalue weighted by molar-refractivity contribution is 6.99. The molecule has 0 aliphatic carbocycles. The maximum Gasteiger partial charge on any atom is 0.261 e. The minimum Gasteiger partial charge on any atom is -0.407 e. The van der Waals surface area contributed by atoms with Crippen LogP contribution in [-0.4, -0.2) is 31.9 Å². The maximum atomic E-state index is 6.87. The van der Waals surface area contributed by atoms with Gasteiger partial charge in [0.2, 0.25) is 3.79 Å². The average Bonchev–Trinajstić information content (AvgIpc) is 2.72. The third kappa shape index (κ3) is 8.13. The second-order valence-electron chi connectivity index (χ2n) is 8.43. The molecular weight excluding hydrogens is 467 g/mol. The fraction of sp³-hybridized carbons (Fsp3) is 0.440. The molecule has 0 spiro atoms. The quantitative estimate of drug-likeness (QED) is 0.180. The predicted molar refractivity (Wildman–Crippen MR) is 136 cm³/mol. The third-order valence-corrected chi connectivity index (χ3v) is 10.4. The SMILES string of the molecule is CC(C)(C)[Si](OCCCCC#CCOCC(Cl)(Cl)Cl)(c1ccccc1)c1ccccc1. The molecule has 0 saturated heterocycles. The number of rotatable bonds is 9. The van der Waals surface area contributed by atoms with Gasteiger partial charge in [-0.2, -0.15) is 0 Å². The van der Waals surface area contributed by atoms with E-state index in [1.165, 1.54) is 10.4 Å². The lowest BCUT2D eigenvalue weighted by molar-refractivity contribution is 0.173. The molecule has 2 aromatic carbocycles. The van der Waals surface area contributed by atoms with Crippen LogP contribution in [0.25, 0.3) is 0 Å². The Morgan fingerprint density at radius 3 is 1.84 bits per heavy atom.